The molecule has 0 aromatic rings. The first-order valence-corrected chi connectivity index (χ1v) is 8.04. The maximum absolute atomic E-state index is 6.39. The molecular weight excluding hydrogens is 299 g/mol. The third kappa shape index (κ3) is 2.87. The molecule has 0 aromatic carbocycles. The maximum Gasteiger partial charge on any atom is 0.0689 e. The molecule has 2 rings (SSSR count). The van der Waals surface area contributed by atoms with E-state index in [1.54, 1.807) is 0 Å². The fourth-order valence-corrected chi connectivity index (χ4v) is 3.98. The Kier molecular flexibility index (Phi) is 4.33. The fraction of sp³-hybridized carbons (Fsp3) is 1.00. The van der Waals surface area contributed by atoms with Gasteiger partial charge in [-0.2, -0.15) is 0 Å². The van der Waals surface area contributed by atoms with Crippen molar-refractivity contribution in [3.63, 3.8) is 0 Å². The molecule has 0 amide bonds. The van der Waals surface area contributed by atoms with Crippen LogP contribution in [0.5, 0.6) is 0 Å². The van der Waals surface area contributed by atoms with Crippen LogP contribution >= 0.6 is 22.6 Å². The van der Waals surface area contributed by atoms with Crippen molar-refractivity contribution < 1.29 is 4.74 Å². The lowest BCUT2D eigenvalue weighted by Gasteiger charge is -2.46. The molecular formula is C13H23IO. The average Bonchev–Trinajstić information content (AvgIpc) is 2.29. The molecule has 3 unspecified atom stereocenters. The molecule has 0 bridgehead atoms. The highest BCUT2D eigenvalue weighted by molar-refractivity contribution is 14.1. The van der Waals surface area contributed by atoms with E-state index in [0.717, 1.165) is 5.92 Å². The van der Waals surface area contributed by atoms with Crippen molar-refractivity contribution >= 4 is 22.6 Å². The van der Waals surface area contributed by atoms with Gasteiger partial charge in [-0.25, -0.2) is 0 Å². The van der Waals surface area contributed by atoms with Gasteiger partial charge in [-0.05, 0) is 38.0 Å². The van der Waals surface area contributed by atoms with E-state index in [0.29, 0.717) is 11.7 Å². The molecule has 2 aliphatic rings. The van der Waals surface area contributed by atoms with Crippen molar-refractivity contribution in [2.75, 3.05) is 4.43 Å². The third-order valence-electron chi connectivity index (χ3n) is 4.23. The van der Waals surface area contributed by atoms with Gasteiger partial charge in [0.05, 0.1) is 11.7 Å². The summed E-state index contributed by atoms with van der Waals surface area (Å²) in [6, 6.07) is 0. The van der Waals surface area contributed by atoms with Crippen LogP contribution in [-0.2, 0) is 4.74 Å². The van der Waals surface area contributed by atoms with Crippen molar-refractivity contribution in [1.82, 2.24) is 0 Å². The fourth-order valence-electron chi connectivity index (χ4n) is 3.36. The van der Waals surface area contributed by atoms with Crippen molar-refractivity contribution in [1.29, 1.82) is 0 Å². The van der Waals surface area contributed by atoms with Gasteiger partial charge < -0.3 is 4.74 Å². The lowest BCUT2D eigenvalue weighted by Crippen LogP contribution is -2.44. The van der Waals surface area contributed by atoms with Crippen LogP contribution in [0, 0.1) is 5.92 Å². The Morgan fingerprint density at radius 2 is 2.00 bits per heavy atom. The Bertz CT molecular complexity index is 183. The van der Waals surface area contributed by atoms with Gasteiger partial charge in [0.1, 0.15) is 0 Å². The standard InChI is InChI=1S/C13H23IO/c1-2-11-5-3-7-13(9-11)8-4-6-12(10-14)15-13/h11-12H,2-10H2,1H3. The SMILES string of the molecule is CCC1CCCC2(CCCC(CI)O2)C1. The minimum absolute atomic E-state index is 0.299. The summed E-state index contributed by atoms with van der Waals surface area (Å²) < 4.78 is 7.57. The smallest absolute Gasteiger partial charge is 0.0689 e. The first-order valence-electron chi connectivity index (χ1n) is 6.52. The minimum atomic E-state index is 0.299. The summed E-state index contributed by atoms with van der Waals surface area (Å²) in [5, 5.41) is 0. The molecule has 1 aliphatic carbocycles. The summed E-state index contributed by atoms with van der Waals surface area (Å²) in [5.41, 5.74) is 0.299. The molecule has 1 aliphatic heterocycles. The topological polar surface area (TPSA) is 9.23 Å². The van der Waals surface area contributed by atoms with Crippen molar-refractivity contribution in [3.8, 4) is 0 Å². The maximum atomic E-state index is 6.39. The van der Waals surface area contributed by atoms with Crippen LogP contribution in [0.2, 0.25) is 0 Å². The highest BCUT2D eigenvalue weighted by Gasteiger charge is 2.40. The number of ether oxygens (including phenoxy) is 1. The Hall–Kier alpha value is 0.690. The Labute approximate surface area is 107 Å². The van der Waals surface area contributed by atoms with E-state index in [4.69, 9.17) is 4.74 Å². The molecule has 1 nitrogen and oxygen atoms in total. The second kappa shape index (κ2) is 5.35. The normalized spacial score (nSPS) is 42.0. The predicted molar refractivity (Wildman–Crippen MR) is 72.6 cm³/mol. The summed E-state index contributed by atoms with van der Waals surface area (Å²) in [6.45, 7) is 2.34. The van der Waals surface area contributed by atoms with Crippen molar-refractivity contribution in [2.45, 2.75) is 70.0 Å². The van der Waals surface area contributed by atoms with Gasteiger partial charge in [0.25, 0.3) is 0 Å². The first kappa shape index (κ1) is 12.2. The molecule has 1 saturated heterocycles. The molecule has 1 heterocycles. The molecule has 3 atom stereocenters. The Morgan fingerprint density at radius 3 is 2.67 bits per heavy atom. The van der Waals surface area contributed by atoms with E-state index in [1.807, 2.05) is 0 Å². The van der Waals surface area contributed by atoms with Crippen molar-refractivity contribution in [2.24, 2.45) is 5.92 Å². The largest absolute Gasteiger partial charge is 0.371 e. The Morgan fingerprint density at radius 1 is 1.27 bits per heavy atom. The van der Waals surface area contributed by atoms with Gasteiger partial charge in [0, 0.05) is 4.43 Å². The summed E-state index contributed by atoms with van der Waals surface area (Å²) in [6.07, 6.45) is 11.4. The van der Waals surface area contributed by atoms with Crippen LogP contribution in [-0.4, -0.2) is 16.1 Å². The van der Waals surface area contributed by atoms with Crippen LogP contribution in [0.1, 0.15) is 58.3 Å². The monoisotopic (exact) mass is 322 g/mol. The van der Waals surface area contributed by atoms with Crippen LogP contribution in [0.25, 0.3) is 0 Å². The van der Waals surface area contributed by atoms with Crippen LogP contribution in [0.15, 0.2) is 0 Å². The van der Waals surface area contributed by atoms with Gasteiger partial charge in [-0.15, -0.1) is 0 Å². The van der Waals surface area contributed by atoms with E-state index in [2.05, 4.69) is 29.5 Å². The summed E-state index contributed by atoms with van der Waals surface area (Å²) in [5.74, 6) is 0.937. The van der Waals surface area contributed by atoms with E-state index in [9.17, 15) is 0 Å². The molecule has 0 aromatic heterocycles. The number of rotatable bonds is 2. The molecule has 88 valence electrons. The molecule has 2 heteroatoms. The van der Waals surface area contributed by atoms with E-state index in [-0.39, 0.29) is 0 Å². The predicted octanol–water partition coefficient (Wildman–Crippen LogP) is 4.33. The van der Waals surface area contributed by atoms with Gasteiger partial charge in [0.2, 0.25) is 0 Å². The number of alkyl halides is 1. The second-order valence-corrected chi connectivity index (χ2v) is 6.22. The van der Waals surface area contributed by atoms with Gasteiger partial charge in [-0.1, -0.05) is 48.8 Å². The number of hydrogen-bond acceptors (Lipinski definition) is 1. The summed E-state index contributed by atoms with van der Waals surface area (Å²) >= 11 is 2.48. The van der Waals surface area contributed by atoms with Crippen LogP contribution in [0.4, 0.5) is 0 Å². The van der Waals surface area contributed by atoms with Gasteiger partial charge in [-0.3, -0.25) is 0 Å². The molecule has 1 saturated carbocycles. The number of hydrogen-bond donors (Lipinski definition) is 0. The zero-order chi connectivity index (χ0) is 10.7. The first-order chi connectivity index (χ1) is 7.28. The zero-order valence-corrected chi connectivity index (χ0v) is 12.0. The minimum Gasteiger partial charge on any atom is -0.371 e. The molecule has 15 heavy (non-hydrogen) atoms. The molecule has 1 spiro atoms. The molecule has 0 N–H and O–H groups in total. The average molecular weight is 322 g/mol. The molecule has 2 fully saturated rings. The van der Waals surface area contributed by atoms with Crippen LogP contribution in [0.3, 0.4) is 0 Å². The lowest BCUT2D eigenvalue weighted by atomic mass is 9.73. The second-order valence-electron chi connectivity index (χ2n) is 5.34. The van der Waals surface area contributed by atoms with Gasteiger partial charge in [0.15, 0.2) is 0 Å². The van der Waals surface area contributed by atoms with Crippen molar-refractivity contribution in [3.05, 3.63) is 0 Å². The molecule has 0 radical (unpaired) electrons. The Balaban J connectivity index is 1.98. The lowest BCUT2D eigenvalue weighted by molar-refractivity contribution is -0.145. The third-order valence-corrected chi connectivity index (χ3v) is 5.21. The zero-order valence-electron chi connectivity index (χ0n) is 9.80. The van der Waals surface area contributed by atoms with E-state index in [1.165, 1.54) is 55.8 Å². The number of halogens is 1. The van der Waals surface area contributed by atoms with E-state index < -0.39 is 0 Å². The quantitative estimate of drug-likeness (QED) is 0.543. The summed E-state index contributed by atoms with van der Waals surface area (Å²) in [7, 11) is 0. The van der Waals surface area contributed by atoms with E-state index >= 15 is 0 Å². The summed E-state index contributed by atoms with van der Waals surface area (Å²) in [4.78, 5) is 0. The highest BCUT2D eigenvalue weighted by Crippen LogP contribution is 2.43. The highest BCUT2D eigenvalue weighted by atomic mass is 127. The van der Waals surface area contributed by atoms with Gasteiger partial charge >= 0.3 is 0 Å². The van der Waals surface area contributed by atoms with Crippen LogP contribution < -0.4 is 0 Å².